The Labute approximate surface area is 202 Å². The van der Waals surface area contributed by atoms with Crippen molar-refractivity contribution in [2.75, 3.05) is 19.8 Å². The van der Waals surface area contributed by atoms with Gasteiger partial charge in [-0.05, 0) is 73.1 Å². The molecule has 0 unspecified atom stereocenters. The molecule has 3 rings (SSSR count). The molecule has 0 bridgehead atoms. The summed E-state index contributed by atoms with van der Waals surface area (Å²) in [4.78, 5) is 25.6. The summed E-state index contributed by atoms with van der Waals surface area (Å²) in [7, 11) is 0. The zero-order valence-electron chi connectivity index (χ0n) is 20.2. The molecule has 2 N–H and O–H groups in total. The molecule has 33 heavy (non-hydrogen) atoms. The summed E-state index contributed by atoms with van der Waals surface area (Å²) in [5.41, 5.74) is 2.75. The average Bonchev–Trinajstić information content (AvgIpc) is 2.74. The van der Waals surface area contributed by atoms with Gasteiger partial charge in [0.1, 0.15) is 0 Å². The average molecular weight is 477 g/mol. The van der Waals surface area contributed by atoms with Crippen LogP contribution in [0.3, 0.4) is 0 Å². The van der Waals surface area contributed by atoms with Gasteiger partial charge in [-0.1, -0.05) is 44.5 Å². The van der Waals surface area contributed by atoms with E-state index < -0.39 is 11.5 Å². The predicted molar refractivity (Wildman–Crippen MR) is 130 cm³/mol. The Morgan fingerprint density at radius 3 is 2.61 bits per heavy atom. The molecule has 1 aromatic carbocycles. The lowest BCUT2D eigenvalue weighted by Crippen LogP contribution is -2.55. The number of ether oxygens (including phenoxy) is 1. The Morgan fingerprint density at radius 2 is 2.00 bits per heavy atom. The molecule has 0 spiro atoms. The fourth-order valence-corrected chi connectivity index (χ4v) is 4.89. The zero-order chi connectivity index (χ0) is 24.2. The third-order valence-electron chi connectivity index (χ3n) is 6.72. The number of benzene rings is 1. The Kier molecular flexibility index (Phi) is 8.12. The number of hydrogen-bond donors (Lipinski definition) is 2. The summed E-state index contributed by atoms with van der Waals surface area (Å²) >= 11 is 6.72. The van der Waals surface area contributed by atoms with Gasteiger partial charge in [0.25, 0.3) is 0 Å². The Bertz CT molecular complexity index is 902. The molecule has 182 valence electrons. The third-order valence-corrected chi connectivity index (χ3v) is 7.07. The van der Waals surface area contributed by atoms with Gasteiger partial charge in [0.2, 0.25) is 0 Å². The van der Waals surface area contributed by atoms with E-state index >= 15 is 0 Å². The smallest absolute Gasteiger partial charge is 0.322 e. The van der Waals surface area contributed by atoms with Crippen LogP contribution < -0.4 is 5.32 Å². The second kappa shape index (κ2) is 10.5. The van der Waals surface area contributed by atoms with Gasteiger partial charge in [-0.3, -0.25) is 4.79 Å². The molecular formula is C26H37ClN2O4. The number of aryl methyl sites for hydroxylation is 1. The summed E-state index contributed by atoms with van der Waals surface area (Å²) in [5, 5.41) is 12.9. The van der Waals surface area contributed by atoms with E-state index in [1.54, 1.807) is 4.90 Å². The van der Waals surface area contributed by atoms with Gasteiger partial charge in [0, 0.05) is 37.4 Å². The minimum Gasteiger partial charge on any atom is -0.481 e. The third kappa shape index (κ3) is 6.51. The monoisotopic (exact) mass is 476 g/mol. The fraction of sp³-hybridized carbons (Fsp3) is 0.615. The van der Waals surface area contributed by atoms with Crippen molar-refractivity contribution in [3.8, 4) is 0 Å². The summed E-state index contributed by atoms with van der Waals surface area (Å²) in [6, 6.07) is 5.94. The number of nitrogens with zero attached hydrogens (tertiary/aromatic N) is 1. The summed E-state index contributed by atoms with van der Waals surface area (Å²) < 4.78 is 5.58. The maximum atomic E-state index is 13.0. The normalized spacial score (nSPS) is 22.2. The maximum Gasteiger partial charge on any atom is 0.322 e. The first-order valence-electron chi connectivity index (χ1n) is 11.9. The van der Waals surface area contributed by atoms with Crippen molar-refractivity contribution in [2.45, 2.75) is 71.8 Å². The van der Waals surface area contributed by atoms with E-state index in [-0.39, 0.29) is 23.8 Å². The highest BCUT2D eigenvalue weighted by Gasteiger charge is 2.42. The first-order chi connectivity index (χ1) is 15.5. The quantitative estimate of drug-likeness (QED) is 0.501. The summed E-state index contributed by atoms with van der Waals surface area (Å²) in [6.45, 7) is 10.5. The number of nitrogens with one attached hydrogen (secondary N) is 1. The molecule has 2 heterocycles. The zero-order valence-corrected chi connectivity index (χ0v) is 21.0. The molecule has 1 saturated heterocycles. The van der Waals surface area contributed by atoms with Crippen molar-refractivity contribution in [1.82, 2.24) is 10.2 Å². The van der Waals surface area contributed by atoms with Crippen molar-refractivity contribution in [3.05, 3.63) is 46.1 Å². The highest BCUT2D eigenvalue weighted by molar-refractivity contribution is 6.31. The van der Waals surface area contributed by atoms with Crippen LogP contribution in [0.5, 0.6) is 0 Å². The van der Waals surface area contributed by atoms with Crippen LogP contribution in [0.1, 0.15) is 70.9 Å². The molecule has 0 radical (unpaired) electrons. The number of aliphatic carboxylic acids is 1. The van der Waals surface area contributed by atoms with Crippen LogP contribution >= 0.6 is 11.6 Å². The van der Waals surface area contributed by atoms with Crippen LogP contribution in [0.15, 0.2) is 30.0 Å². The van der Waals surface area contributed by atoms with Crippen molar-refractivity contribution in [2.24, 2.45) is 11.3 Å². The lowest BCUT2D eigenvalue weighted by molar-refractivity contribution is -0.137. The van der Waals surface area contributed by atoms with Gasteiger partial charge < -0.3 is 20.1 Å². The van der Waals surface area contributed by atoms with Crippen molar-refractivity contribution in [3.63, 3.8) is 0 Å². The lowest BCUT2D eigenvalue weighted by atomic mass is 9.74. The molecule has 0 saturated carbocycles. The highest BCUT2D eigenvalue weighted by Crippen LogP contribution is 2.41. The molecule has 7 heteroatoms. The first kappa shape index (κ1) is 25.6. The Balaban J connectivity index is 1.91. The number of carbonyl (C=O) groups is 2. The van der Waals surface area contributed by atoms with E-state index in [1.807, 2.05) is 19.2 Å². The predicted octanol–water partition coefficient (Wildman–Crippen LogP) is 5.73. The molecule has 1 atom stereocenters. The Morgan fingerprint density at radius 1 is 1.30 bits per heavy atom. The fourth-order valence-electron chi connectivity index (χ4n) is 4.61. The van der Waals surface area contributed by atoms with Crippen molar-refractivity contribution >= 4 is 23.6 Å². The molecule has 2 aliphatic heterocycles. The largest absolute Gasteiger partial charge is 0.481 e. The topological polar surface area (TPSA) is 78.9 Å². The Hall–Kier alpha value is -2.05. The van der Waals surface area contributed by atoms with Gasteiger partial charge in [-0.25, -0.2) is 4.79 Å². The van der Waals surface area contributed by atoms with Crippen molar-refractivity contribution in [1.29, 1.82) is 0 Å². The summed E-state index contributed by atoms with van der Waals surface area (Å²) in [6.07, 6.45) is 6.11. The number of carboxylic acids is 1. The van der Waals surface area contributed by atoms with Gasteiger partial charge in [-0.15, -0.1) is 0 Å². The van der Waals surface area contributed by atoms with Crippen LogP contribution in [0, 0.1) is 11.3 Å². The number of halogens is 1. The molecule has 0 aromatic heterocycles. The lowest BCUT2D eigenvalue weighted by Gasteiger charge is -2.44. The van der Waals surface area contributed by atoms with Gasteiger partial charge in [-0.2, -0.15) is 0 Å². The van der Waals surface area contributed by atoms with E-state index in [4.69, 9.17) is 21.4 Å². The van der Waals surface area contributed by atoms with Gasteiger partial charge in [0.05, 0.1) is 5.54 Å². The van der Waals surface area contributed by atoms with E-state index in [1.165, 1.54) is 0 Å². The molecule has 0 aliphatic carbocycles. The molecule has 2 amide bonds. The van der Waals surface area contributed by atoms with Gasteiger partial charge >= 0.3 is 12.0 Å². The number of amides is 2. The van der Waals surface area contributed by atoms with Crippen molar-refractivity contribution < 1.29 is 19.4 Å². The van der Waals surface area contributed by atoms with Crippen LogP contribution in [-0.4, -0.2) is 41.8 Å². The second-order valence-electron chi connectivity index (χ2n) is 10.6. The van der Waals surface area contributed by atoms with Crippen LogP contribution in [0.4, 0.5) is 4.79 Å². The summed E-state index contributed by atoms with van der Waals surface area (Å²) in [5.74, 6) is -0.585. The van der Waals surface area contributed by atoms with Gasteiger partial charge in [0.15, 0.2) is 0 Å². The number of carboxylic acid groups (broad SMARTS) is 1. The van der Waals surface area contributed by atoms with E-state index in [0.717, 1.165) is 47.4 Å². The molecule has 6 nitrogen and oxygen atoms in total. The molecular weight excluding hydrogens is 440 g/mol. The maximum absolute atomic E-state index is 13.0. The minimum atomic E-state index is -0.855. The van der Waals surface area contributed by atoms with Crippen LogP contribution in [-0.2, 0) is 21.5 Å². The van der Waals surface area contributed by atoms with E-state index in [2.05, 4.69) is 38.2 Å². The van der Waals surface area contributed by atoms with Crippen LogP contribution in [0.2, 0.25) is 5.02 Å². The number of urea groups is 1. The number of hydrogen-bond acceptors (Lipinski definition) is 3. The number of carbonyl (C=O) groups excluding carboxylic acids is 1. The highest BCUT2D eigenvalue weighted by atomic mass is 35.5. The first-order valence-corrected chi connectivity index (χ1v) is 12.3. The molecule has 1 aromatic rings. The van der Waals surface area contributed by atoms with Crippen LogP contribution in [0.25, 0.3) is 0 Å². The SMILES string of the molecule is CC(C)(C)CCc1ccc([C@@]2(C)NC(=O)N(CCCC(=O)O)C=C2C2CCOCC2)cc1Cl. The second-order valence-corrected chi connectivity index (χ2v) is 11.0. The number of rotatable bonds is 8. The van der Waals surface area contributed by atoms with E-state index in [0.29, 0.717) is 26.2 Å². The van der Waals surface area contributed by atoms with E-state index in [9.17, 15) is 9.59 Å². The standard InChI is InChI=1S/C26H37ClN2O4/c1-25(2,3)12-9-19-7-8-20(16-22(19)27)26(4)21(18-10-14-33-15-11-18)17-29(24(32)28-26)13-5-6-23(30)31/h7-8,16-18H,5-6,9-15H2,1-4H3,(H,28,32)(H,30,31)/t26-/m1/s1. The minimum absolute atomic E-state index is 0.0348. The molecule has 1 fully saturated rings. The molecule has 2 aliphatic rings.